The first-order valence-electron chi connectivity index (χ1n) is 23.1. The van der Waals surface area contributed by atoms with Crippen LogP contribution < -0.4 is 14.9 Å². The largest absolute Gasteiger partial charge is 0.372 e. The van der Waals surface area contributed by atoms with E-state index >= 15 is 8.78 Å². The Balaban J connectivity index is 0.671. The maximum absolute atomic E-state index is 15.8. The molecule has 348 valence electrons. The summed E-state index contributed by atoms with van der Waals surface area (Å²) in [6.07, 6.45) is 7.50. The van der Waals surface area contributed by atoms with Crippen LogP contribution in [-0.4, -0.2) is 108 Å². The predicted octanol–water partition coefficient (Wildman–Crippen LogP) is 7.28. The second-order valence-corrected chi connectivity index (χ2v) is 21.2. The molecule has 1 unspecified atom stereocenters. The van der Waals surface area contributed by atoms with Gasteiger partial charge in [0.05, 0.1) is 11.3 Å². The van der Waals surface area contributed by atoms with E-state index in [0.29, 0.717) is 58.9 Å². The second-order valence-electron chi connectivity index (χ2n) is 19.5. The van der Waals surface area contributed by atoms with E-state index in [1.165, 1.54) is 24.6 Å². The summed E-state index contributed by atoms with van der Waals surface area (Å²) in [7, 11) is -4.35. The molecule has 2 amide bonds. The number of likely N-dealkylation sites (tertiary alicyclic amines) is 1. The van der Waals surface area contributed by atoms with Gasteiger partial charge in [0.1, 0.15) is 23.7 Å². The molecular formula is C50H51F3N8O5S. The van der Waals surface area contributed by atoms with Crippen molar-refractivity contribution in [2.45, 2.75) is 69.6 Å². The zero-order chi connectivity index (χ0) is 46.4. The zero-order valence-electron chi connectivity index (χ0n) is 36.9. The molecule has 3 aromatic carbocycles. The summed E-state index contributed by atoms with van der Waals surface area (Å²) in [6, 6.07) is 17.4. The molecule has 4 saturated heterocycles. The SMILES string of the molecule is C=C1CCC(N2Cc3cc(C4CC5(C4)CN(CC4CCN(c6ccc(-c7cnc8[nH]cc(C(=O)c9c(F)ccc(NS(=O)(=O)N%10CC[C@@H](F)C%10)c9F)c8c7)cc6)CC4)C5)ccc3C2=O)C(=O)N1. The van der Waals surface area contributed by atoms with Gasteiger partial charge in [-0.2, -0.15) is 12.7 Å². The van der Waals surface area contributed by atoms with Crippen LogP contribution >= 0.6 is 0 Å². The summed E-state index contributed by atoms with van der Waals surface area (Å²) in [5, 5.41) is 3.16. The minimum atomic E-state index is -4.35. The van der Waals surface area contributed by atoms with Crippen molar-refractivity contribution >= 4 is 50.2 Å². The fraction of sp³-hybridized carbons (Fsp3) is 0.400. The Morgan fingerprint density at radius 2 is 1.72 bits per heavy atom. The van der Waals surface area contributed by atoms with Crippen molar-refractivity contribution in [3.05, 3.63) is 125 Å². The normalized spacial score (nSPS) is 22.6. The Bertz CT molecular complexity index is 2960. The molecule has 7 heterocycles. The van der Waals surface area contributed by atoms with Crippen molar-refractivity contribution in [3.63, 3.8) is 0 Å². The number of hydrogen-bond acceptors (Lipinski definition) is 8. The quantitative estimate of drug-likeness (QED) is 0.117. The molecule has 11 rings (SSSR count). The number of fused-ring (bicyclic) bond motifs is 2. The topological polar surface area (TPSA) is 151 Å². The minimum absolute atomic E-state index is 0.00906. The van der Waals surface area contributed by atoms with Crippen LogP contribution in [0.5, 0.6) is 0 Å². The molecule has 2 aromatic heterocycles. The Kier molecular flexibility index (Phi) is 10.8. The molecule has 5 aromatic rings. The number of H-pyrrole nitrogens is 1. The lowest BCUT2D eigenvalue weighted by molar-refractivity contribution is -0.126. The number of aromatic nitrogens is 2. The highest BCUT2D eigenvalue weighted by Gasteiger charge is 2.53. The number of amides is 2. The number of nitrogens with one attached hydrogen (secondary N) is 3. The van der Waals surface area contributed by atoms with Crippen LogP contribution in [0.25, 0.3) is 22.2 Å². The van der Waals surface area contributed by atoms with Gasteiger partial charge < -0.3 is 25.0 Å². The molecule has 1 spiro atoms. The molecule has 1 aliphatic carbocycles. The van der Waals surface area contributed by atoms with Gasteiger partial charge in [-0.15, -0.1) is 0 Å². The van der Waals surface area contributed by atoms with Gasteiger partial charge in [-0.3, -0.25) is 19.1 Å². The Hall–Kier alpha value is -6.04. The summed E-state index contributed by atoms with van der Waals surface area (Å²) >= 11 is 0. The van der Waals surface area contributed by atoms with Crippen LogP contribution in [0.1, 0.15) is 88.3 Å². The number of anilines is 2. The summed E-state index contributed by atoms with van der Waals surface area (Å²) in [5.41, 5.74) is 5.57. The number of aromatic amines is 1. The van der Waals surface area contributed by atoms with Gasteiger partial charge in [0.2, 0.25) is 11.7 Å². The number of pyridine rings is 1. The van der Waals surface area contributed by atoms with Crippen molar-refractivity contribution in [2.24, 2.45) is 11.3 Å². The molecular weight excluding hydrogens is 882 g/mol. The van der Waals surface area contributed by atoms with Gasteiger partial charge in [-0.1, -0.05) is 30.8 Å². The predicted molar refractivity (Wildman–Crippen MR) is 247 cm³/mol. The number of ketones is 1. The number of hydrogen-bond donors (Lipinski definition) is 3. The number of allylic oxidation sites excluding steroid dienone is 1. The van der Waals surface area contributed by atoms with Crippen LogP contribution in [-0.2, 0) is 21.5 Å². The lowest BCUT2D eigenvalue weighted by Gasteiger charge is -2.60. The van der Waals surface area contributed by atoms with E-state index in [4.69, 9.17) is 0 Å². The molecule has 1 saturated carbocycles. The number of nitrogens with zero attached hydrogens (tertiary/aromatic N) is 5. The van der Waals surface area contributed by atoms with Gasteiger partial charge in [0.15, 0.2) is 5.82 Å². The van der Waals surface area contributed by atoms with Crippen molar-refractivity contribution in [2.75, 3.05) is 55.4 Å². The highest BCUT2D eigenvalue weighted by Crippen LogP contribution is 2.56. The number of halogens is 3. The maximum Gasteiger partial charge on any atom is 0.301 e. The molecule has 5 fully saturated rings. The maximum atomic E-state index is 15.8. The van der Waals surface area contributed by atoms with Gasteiger partial charge in [0, 0.05) is 98.2 Å². The van der Waals surface area contributed by atoms with Crippen molar-refractivity contribution in [3.8, 4) is 11.1 Å². The lowest BCUT2D eigenvalue weighted by atomic mass is 9.56. The Morgan fingerprint density at radius 1 is 0.940 bits per heavy atom. The zero-order valence-corrected chi connectivity index (χ0v) is 37.7. The molecule has 0 radical (unpaired) electrons. The second kappa shape index (κ2) is 16.6. The van der Waals surface area contributed by atoms with E-state index in [9.17, 15) is 27.2 Å². The number of rotatable bonds is 11. The average molecular weight is 933 g/mol. The van der Waals surface area contributed by atoms with E-state index < -0.39 is 51.1 Å². The average Bonchev–Trinajstić information content (AvgIpc) is 4.02. The molecule has 13 nitrogen and oxygen atoms in total. The summed E-state index contributed by atoms with van der Waals surface area (Å²) in [5.74, 6) is -2.58. The Morgan fingerprint density at radius 3 is 2.45 bits per heavy atom. The molecule has 67 heavy (non-hydrogen) atoms. The molecule has 0 bridgehead atoms. The van der Waals surface area contributed by atoms with Crippen LogP contribution in [0, 0.1) is 23.0 Å². The number of alkyl halides is 1. The fourth-order valence-electron chi connectivity index (χ4n) is 11.5. The van der Waals surface area contributed by atoms with Gasteiger partial charge in [-0.05, 0) is 115 Å². The highest BCUT2D eigenvalue weighted by molar-refractivity contribution is 7.90. The van der Waals surface area contributed by atoms with Gasteiger partial charge in [-0.25, -0.2) is 18.2 Å². The molecule has 17 heteroatoms. The summed E-state index contributed by atoms with van der Waals surface area (Å²) in [4.78, 5) is 53.7. The highest BCUT2D eigenvalue weighted by atomic mass is 32.2. The van der Waals surface area contributed by atoms with Gasteiger partial charge >= 0.3 is 10.2 Å². The van der Waals surface area contributed by atoms with E-state index in [1.807, 2.05) is 22.9 Å². The van der Waals surface area contributed by atoms with Crippen molar-refractivity contribution < 1.29 is 36.0 Å². The number of carbonyl (C=O) groups excluding carboxylic acids is 3. The van der Waals surface area contributed by atoms with E-state index in [0.717, 1.165) is 84.4 Å². The monoisotopic (exact) mass is 932 g/mol. The lowest BCUT2D eigenvalue weighted by Crippen LogP contribution is -2.62. The van der Waals surface area contributed by atoms with Crippen LogP contribution in [0.4, 0.5) is 24.5 Å². The standard InChI is InChI=1S/C50H51F3N8O5S/c1-29-2-11-43(48(63)56-29)61-25-34-18-32(5-8-38(34)49(61)64)35-20-50(21-35)27-58(28-50)24-30-12-15-59(16-13-30)37-6-3-31(4-7-37)33-19-39-40(23-55-47(39)54-22-33)46(62)44-41(52)9-10-42(45(44)53)57-67(65,66)60-17-14-36(51)26-60/h3-10,18-19,22-23,30,35-36,43,57H,1-2,11-17,20-21,24-28H2,(H,54,55)(H,56,63)/t36-,43?/m1/s1. The minimum Gasteiger partial charge on any atom is -0.372 e. The van der Waals surface area contributed by atoms with Crippen LogP contribution in [0.3, 0.4) is 0 Å². The Labute approximate surface area is 386 Å². The van der Waals surface area contributed by atoms with Crippen molar-refractivity contribution in [1.29, 1.82) is 0 Å². The molecule has 5 aliphatic heterocycles. The number of benzene rings is 3. The van der Waals surface area contributed by atoms with Crippen LogP contribution in [0.15, 0.2) is 85.3 Å². The van der Waals surface area contributed by atoms with E-state index in [1.54, 1.807) is 17.2 Å². The third kappa shape index (κ3) is 7.97. The van der Waals surface area contributed by atoms with E-state index in [-0.39, 0.29) is 36.9 Å². The van der Waals surface area contributed by atoms with Crippen LogP contribution in [0.2, 0.25) is 0 Å². The third-order valence-electron chi connectivity index (χ3n) is 15.1. The first kappa shape index (κ1) is 43.5. The summed E-state index contributed by atoms with van der Waals surface area (Å²) < 4.78 is 73.2. The number of piperidine rings is 2. The first-order valence-corrected chi connectivity index (χ1v) is 24.6. The van der Waals surface area contributed by atoms with E-state index in [2.05, 4.69) is 55.9 Å². The van der Waals surface area contributed by atoms with Crippen molar-refractivity contribution in [1.82, 2.24) is 29.4 Å². The first-order chi connectivity index (χ1) is 32.2. The fourth-order valence-corrected chi connectivity index (χ4v) is 12.7. The van der Waals surface area contributed by atoms with Gasteiger partial charge in [0.25, 0.3) is 5.91 Å². The molecule has 3 N–H and O–H groups in total. The molecule has 2 atom stereocenters. The smallest absolute Gasteiger partial charge is 0.301 e. The third-order valence-corrected chi connectivity index (χ3v) is 16.6. The number of carbonyl (C=O) groups is 3. The molecule has 6 aliphatic rings. The summed E-state index contributed by atoms with van der Waals surface area (Å²) in [6.45, 7) is 9.18.